The molecule has 0 aliphatic carbocycles. The van der Waals surface area contributed by atoms with E-state index < -0.39 is 9.84 Å². The summed E-state index contributed by atoms with van der Waals surface area (Å²) in [6.45, 7) is 11.9. The molecule has 0 saturated carbocycles. The molecule has 0 unspecified atom stereocenters. The Labute approximate surface area is 107 Å². The number of benzene rings is 1. The normalized spacial score (nSPS) is 9.59. The molecule has 0 atom stereocenters. The summed E-state index contributed by atoms with van der Waals surface area (Å²) < 4.78 is 22.6. The molecule has 0 aromatic heterocycles. The van der Waals surface area contributed by atoms with E-state index in [1.807, 2.05) is 53.7 Å². The first-order chi connectivity index (χ1) is 7.95. The molecule has 0 bridgehead atoms. The Morgan fingerprint density at radius 1 is 1.06 bits per heavy atom. The molecule has 1 aromatic carbocycles. The second-order valence-electron chi connectivity index (χ2n) is 3.24. The van der Waals surface area contributed by atoms with Gasteiger partial charge in [-0.15, -0.1) is 0 Å². The molecule has 3 heteroatoms. The van der Waals surface area contributed by atoms with Crippen LogP contribution in [0, 0.1) is 6.92 Å². The second-order valence-corrected chi connectivity index (χ2v) is 5.22. The molecule has 0 saturated heterocycles. The topological polar surface area (TPSA) is 34.1 Å². The monoisotopic (exact) mass is 258 g/mol. The van der Waals surface area contributed by atoms with Crippen LogP contribution in [0.1, 0.15) is 45.7 Å². The molecule has 17 heavy (non-hydrogen) atoms. The summed E-state index contributed by atoms with van der Waals surface area (Å²) in [7, 11) is -3.06. The highest BCUT2D eigenvalue weighted by Gasteiger charge is 2.11. The summed E-state index contributed by atoms with van der Waals surface area (Å²) in [6, 6.07) is 5.44. The fourth-order valence-electron chi connectivity index (χ4n) is 1.35. The Morgan fingerprint density at radius 2 is 1.53 bits per heavy atom. The van der Waals surface area contributed by atoms with Gasteiger partial charge in [-0.3, -0.25) is 0 Å². The van der Waals surface area contributed by atoms with Crippen LogP contribution in [0.4, 0.5) is 0 Å². The van der Waals surface area contributed by atoms with Gasteiger partial charge in [0.25, 0.3) is 0 Å². The molecule has 1 aromatic rings. The Kier molecular flexibility index (Phi) is 10.1. The van der Waals surface area contributed by atoms with E-state index in [0.29, 0.717) is 4.90 Å². The maximum atomic E-state index is 11.3. The summed E-state index contributed by atoms with van der Waals surface area (Å²) in [4.78, 5) is 0.459. The largest absolute Gasteiger partial charge is 0.224 e. The van der Waals surface area contributed by atoms with Crippen molar-refractivity contribution in [2.24, 2.45) is 0 Å². The van der Waals surface area contributed by atoms with Gasteiger partial charge >= 0.3 is 0 Å². The lowest BCUT2D eigenvalue weighted by Crippen LogP contribution is -2.01. The second kappa shape index (κ2) is 9.23. The van der Waals surface area contributed by atoms with Crippen molar-refractivity contribution in [2.75, 3.05) is 6.26 Å². The van der Waals surface area contributed by atoms with Crippen LogP contribution in [-0.2, 0) is 16.3 Å². The van der Waals surface area contributed by atoms with Gasteiger partial charge in [-0.2, -0.15) is 0 Å². The van der Waals surface area contributed by atoms with Crippen LogP contribution < -0.4 is 0 Å². The Morgan fingerprint density at radius 3 is 1.88 bits per heavy atom. The van der Waals surface area contributed by atoms with Crippen LogP contribution in [0.2, 0.25) is 0 Å². The van der Waals surface area contributed by atoms with Gasteiger partial charge in [0.05, 0.1) is 4.90 Å². The van der Waals surface area contributed by atoms with Crippen molar-refractivity contribution in [3.05, 3.63) is 29.3 Å². The van der Waals surface area contributed by atoms with Crippen molar-refractivity contribution in [2.45, 2.75) is 52.9 Å². The maximum Gasteiger partial charge on any atom is 0.175 e. The molecule has 0 N–H and O–H groups in total. The van der Waals surface area contributed by atoms with Crippen molar-refractivity contribution in [3.8, 4) is 0 Å². The van der Waals surface area contributed by atoms with E-state index in [9.17, 15) is 8.42 Å². The Balaban J connectivity index is 0. The summed E-state index contributed by atoms with van der Waals surface area (Å²) in [5.41, 5.74) is 2.01. The van der Waals surface area contributed by atoms with E-state index in [1.54, 1.807) is 6.07 Å². The van der Waals surface area contributed by atoms with Gasteiger partial charge in [-0.25, -0.2) is 8.42 Å². The van der Waals surface area contributed by atoms with Crippen LogP contribution in [0.25, 0.3) is 0 Å². The van der Waals surface area contributed by atoms with E-state index in [4.69, 9.17) is 0 Å². The third-order valence-corrected chi connectivity index (χ3v) is 3.19. The fourth-order valence-corrected chi connectivity index (χ4v) is 2.34. The van der Waals surface area contributed by atoms with E-state index >= 15 is 0 Å². The minimum Gasteiger partial charge on any atom is -0.224 e. The van der Waals surface area contributed by atoms with E-state index in [-0.39, 0.29) is 0 Å². The molecule has 2 nitrogen and oxygen atoms in total. The number of aryl methyl sites for hydroxylation is 2. The van der Waals surface area contributed by atoms with Crippen molar-refractivity contribution >= 4 is 9.84 Å². The summed E-state index contributed by atoms with van der Waals surface area (Å²) >= 11 is 0. The lowest BCUT2D eigenvalue weighted by molar-refractivity contribution is 0.601. The zero-order valence-corrected chi connectivity index (χ0v) is 13.0. The average molecular weight is 258 g/mol. The molecular formula is C14H26O2S. The minimum atomic E-state index is -3.06. The first-order valence-corrected chi connectivity index (χ1v) is 8.14. The lowest BCUT2D eigenvalue weighted by Gasteiger charge is -2.06. The van der Waals surface area contributed by atoms with Gasteiger partial charge < -0.3 is 0 Å². The Hall–Kier alpha value is -0.830. The molecule has 100 valence electrons. The van der Waals surface area contributed by atoms with Gasteiger partial charge in [0, 0.05) is 6.26 Å². The first-order valence-electron chi connectivity index (χ1n) is 6.24. The maximum absolute atomic E-state index is 11.3. The molecule has 0 aliphatic rings. The van der Waals surface area contributed by atoms with Gasteiger partial charge in [0.2, 0.25) is 0 Å². The lowest BCUT2D eigenvalue weighted by atomic mass is 10.1. The predicted octanol–water partition coefficient (Wildman–Crippen LogP) is 4.01. The van der Waals surface area contributed by atoms with Crippen LogP contribution in [0.15, 0.2) is 23.1 Å². The molecule has 0 amide bonds. The van der Waals surface area contributed by atoms with Crippen LogP contribution in [0.5, 0.6) is 0 Å². The summed E-state index contributed by atoms with van der Waals surface area (Å²) in [5, 5.41) is 0. The van der Waals surface area contributed by atoms with Gasteiger partial charge in [-0.05, 0) is 25.0 Å². The zero-order chi connectivity index (χ0) is 14.1. The fraction of sp³-hybridized carbons (Fsp3) is 0.571. The van der Waals surface area contributed by atoms with E-state index in [2.05, 4.69) is 0 Å². The average Bonchev–Trinajstić information content (AvgIpc) is 2.32. The van der Waals surface area contributed by atoms with E-state index in [1.165, 1.54) is 6.26 Å². The number of hydrogen-bond acceptors (Lipinski definition) is 2. The van der Waals surface area contributed by atoms with Crippen molar-refractivity contribution in [3.63, 3.8) is 0 Å². The molecule has 0 fully saturated rings. The smallest absolute Gasteiger partial charge is 0.175 e. The van der Waals surface area contributed by atoms with Crippen LogP contribution in [-0.4, -0.2) is 14.7 Å². The van der Waals surface area contributed by atoms with Gasteiger partial charge in [-0.1, -0.05) is 52.3 Å². The highest BCUT2D eigenvalue weighted by Crippen LogP contribution is 2.17. The van der Waals surface area contributed by atoms with E-state index in [0.717, 1.165) is 17.5 Å². The highest BCUT2D eigenvalue weighted by atomic mass is 32.2. The summed E-state index contributed by atoms with van der Waals surface area (Å²) in [5.74, 6) is 0. The first kappa shape index (κ1) is 18.5. The molecule has 0 radical (unpaired) electrons. The Bertz CT molecular complexity index is 406. The summed E-state index contributed by atoms with van der Waals surface area (Å²) in [6.07, 6.45) is 2.00. The van der Waals surface area contributed by atoms with Gasteiger partial charge in [0.15, 0.2) is 9.84 Å². The molecule has 0 aliphatic heterocycles. The number of rotatable bonds is 2. The predicted molar refractivity (Wildman–Crippen MR) is 76.4 cm³/mol. The van der Waals surface area contributed by atoms with Gasteiger partial charge in [0.1, 0.15) is 0 Å². The molecule has 1 rings (SSSR count). The highest BCUT2D eigenvalue weighted by molar-refractivity contribution is 7.90. The number of hydrogen-bond donors (Lipinski definition) is 0. The zero-order valence-electron chi connectivity index (χ0n) is 12.2. The van der Waals surface area contributed by atoms with Crippen LogP contribution >= 0.6 is 0 Å². The minimum absolute atomic E-state index is 0.459. The third kappa shape index (κ3) is 6.47. The van der Waals surface area contributed by atoms with Crippen molar-refractivity contribution in [1.82, 2.24) is 0 Å². The molecule has 0 heterocycles. The standard InChI is InChI=1S/C10H14O2S.2C2H6/c1-4-9-7-8(2)5-6-10(9)13(3,11)12;2*1-2/h5-7H,4H2,1-3H3;2*1-2H3. The SMILES string of the molecule is CC.CC.CCc1cc(C)ccc1S(C)(=O)=O. The quantitative estimate of drug-likeness (QED) is 0.803. The van der Waals surface area contributed by atoms with Crippen molar-refractivity contribution in [1.29, 1.82) is 0 Å². The molecule has 0 spiro atoms. The third-order valence-electron chi connectivity index (χ3n) is 2.00. The van der Waals surface area contributed by atoms with Crippen molar-refractivity contribution < 1.29 is 8.42 Å². The number of sulfone groups is 1. The molecular weight excluding hydrogens is 232 g/mol. The van der Waals surface area contributed by atoms with Crippen LogP contribution in [0.3, 0.4) is 0 Å².